The Morgan fingerprint density at radius 2 is 1.34 bits per heavy atom. The van der Waals surface area contributed by atoms with Crippen molar-refractivity contribution in [3.05, 3.63) is 83.6 Å². The van der Waals surface area contributed by atoms with Crippen LogP contribution in [0, 0.1) is 0 Å². The van der Waals surface area contributed by atoms with Crippen molar-refractivity contribution in [2.45, 2.75) is 61.6 Å². The van der Waals surface area contributed by atoms with E-state index in [0.717, 1.165) is 29.8 Å². The first-order valence-electron chi connectivity index (χ1n) is 14.2. The summed E-state index contributed by atoms with van der Waals surface area (Å²) in [6, 6.07) is 12.8. The van der Waals surface area contributed by atoms with Crippen LogP contribution in [0.1, 0.15) is 42.4 Å². The highest BCUT2D eigenvalue weighted by Crippen LogP contribution is 2.32. The van der Waals surface area contributed by atoms with Crippen molar-refractivity contribution >= 4 is 15.7 Å². The maximum atomic E-state index is 13.0. The van der Waals surface area contributed by atoms with Crippen LogP contribution in [0.3, 0.4) is 0 Å². The molecule has 14 heteroatoms. The lowest BCUT2D eigenvalue weighted by Gasteiger charge is -2.33. The van der Waals surface area contributed by atoms with Crippen molar-refractivity contribution in [1.82, 2.24) is 14.6 Å². The molecule has 5 rings (SSSR count). The van der Waals surface area contributed by atoms with Crippen molar-refractivity contribution in [2.24, 2.45) is 0 Å². The number of hydrogen-bond acceptors (Lipinski definition) is 6. The Hall–Kier alpha value is -3.36. The third kappa shape index (κ3) is 8.21. The number of alkyl halides is 6. The highest BCUT2D eigenvalue weighted by Gasteiger charge is 2.31. The molecule has 238 valence electrons. The second kappa shape index (κ2) is 12.9. The molecule has 0 spiro atoms. The lowest BCUT2D eigenvalue weighted by molar-refractivity contribution is -0.138. The molecule has 44 heavy (non-hydrogen) atoms. The van der Waals surface area contributed by atoms with E-state index < -0.39 is 33.5 Å². The number of aromatic nitrogens is 1. The van der Waals surface area contributed by atoms with E-state index in [1.807, 2.05) is 4.90 Å². The van der Waals surface area contributed by atoms with Crippen LogP contribution in [0.2, 0.25) is 0 Å². The van der Waals surface area contributed by atoms with E-state index in [1.54, 1.807) is 0 Å². The van der Waals surface area contributed by atoms with Gasteiger partial charge in [0.1, 0.15) is 11.0 Å². The smallest absolute Gasteiger partial charge is 0.416 e. The molecular formula is C30H32F6N4O3S. The maximum Gasteiger partial charge on any atom is 0.416 e. The lowest BCUT2D eigenvalue weighted by Crippen LogP contribution is -2.44. The molecule has 0 amide bonds. The number of nitrogens with one attached hydrogen (secondary N) is 1. The summed E-state index contributed by atoms with van der Waals surface area (Å²) in [5, 5.41) is 0. The van der Waals surface area contributed by atoms with Gasteiger partial charge in [-0.25, -0.2) is 18.1 Å². The fourth-order valence-corrected chi connectivity index (χ4v) is 6.66. The average molecular weight is 643 g/mol. The number of rotatable bonds is 8. The van der Waals surface area contributed by atoms with Crippen LogP contribution in [0.25, 0.3) is 0 Å². The summed E-state index contributed by atoms with van der Waals surface area (Å²) in [6.45, 7) is 2.86. The Morgan fingerprint density at radius 1 is 0.773 bits per heavy atom. The number of sulfonamides is 1. The molecule has 0 atom stereocenters. The number of likely N-dealkylation sites (tertiary alicyclic amines) is 1. The number of halogens is 6. The summed E-state index contributed by atoms with van der Waals surface area (Å²) in [4.78, 5) is 8.26. The summed E-state index contributed by atoms with van der Waals surface area (Å²) in [5.41, 5.74) is 0.0894. The van der Waals surface area contributed by atoms with Gasteiger partial charge in [-0.05, 0) is 60.9 Å². The number of anilines is 1. The molecule has 1 aromatic heterocycles. The van der Waals surface area contributed by atoms with Gasteiger partial charge in [0.25, 0.3) is 0 Å². The molecule has 2 fully saturated rings. The molecule has 1 N–H and O–H groups in total. The molecule has 3 heterocycles. The zero-order chi connectivity index (χ0) is 31.5. The first-order chi connectivity index (χ1) is 20.8. The third-order valence-electron chi connectivity index (χ3n) is 7.91. The molecule has 2 saturated heterocycles. The van der Waals surface area contributed by atoms with Gasteiger partial charge >= 0.3 is 12.4 Å². The van der Waals surface area contributed by atoms with Gasteiger partial charge in [0.15, 0.2) is 0 Å². The monoisotopic (exact) mass is 642 g/mol. The predicted molar refractivity (Wildman–Crippen MR) is 152 cm³/mol. The Bertz CT molecular complexity index is 1480. The van der Waals surface area contributed by atoms with Crippen molar-refractivity contribution in [2.75, 3.05) is 31.1 Å². The number of pyridine rings is 1. The van der Waals surface area contributed by atoms with Crippen LogP contribution < -0.4 is 14.4 Å². The van der Waals surface area contributed by atoms with Crippen LogP contribution >= 0.6 is 0 Å². The minimum absolute atomic E-state index is 0.00848. The molecule has 0 radical (unpaired) electrons. The Balaban J connectivity index is 1.06. The van der Waals surface area contributed by atoms with Crippen LogP contribution in [0.15, 0.2) is 71.8 Å². The summed E-state index contributed by atoms with van der Waals surface area (Å²) in [7, 11) is -3.83. The van der Waals surface area contributed by atoms with Crippen LogP contribution in [0.4, 0.5) is 32.0 Å². The van der Waals surface area contributed by atoms with Gasteiger partial charge in [-0.1, -0.05) is 12.1 Å². The number of ether oxygens (including phenoxy) is 1. The largest absolute Gasteiger partial charge is 0.474 e. The zero-order valence-electron chi connectivity index (χ0n) is 23.6. The van der Waals surface area contributed by atoms with Crippen LogP contribution in [-0.4, -0.2) is 56.6 Å². The third-order valence-corrected chi connectivity index (χ3v) is 9.41. The fourth-order valence-electron chi connectivity index (χ4n) is 5.41. The molecule has 7 nitrogen and oxygen atoms in total. The van der Waals surface area contributed by atoms with Crippen molar-refractivity contribution < 1.29 is 39.5 Å². The normalized spacial score (nSPS) is 18.0. The molecule has 2 aromatic carbocycles. The highest BCUT2D eigenvalue weighted by atomic mass is 32.2. The predicted octanol–water partition coefficient (Wildman–Crippen LogP) is 6.11. The Labute approximate surface area is 251 Å². The standard InChI is InChI=1S/C30H32F6N4O3S/c31-29(32,33)22-3-1-21(2-4-22)20-39-15-11-24(12-16-39)38-44(41,42)27-9-10-28(37-19-27)43-26-13-17-40(18-14-26)25-7-5-23(6-8-25)30(34,35)36/h1-10,19,24,26,38H,11-18,20H2. The molecule has 0 aliphatic carbocycles. The minimum atomic E-state index is -4.38. The molecule has 2 aliphatic rings. The molecule has 0 bridgehead atoms. The topological polar surface area (TPSA) is 74.8 Å². The van der Waals surface area contributed by atoms with Crippen LogP contribution in [-0.2, 0) is 28.9 Å². The second-order valence-corrected chi connectivity index (χ2v) is 12.8. The number of hydrogen-bond donors (Lipinski definition) is 1. The zero-order valence-corrected chi connectivity index (χ0v) is 24.4. The lowest BCUT2D eigenvalue weighted by atomic mass is 10.0. The molecule has 3 aromatic rings. The number of benzene rings is 2. The summed E-state index contributed by atoms with van der Waals surface area (Å²) >= 11 is 0. The van der Waals surface area contributed by atoms with Gasteiger partial charge < -0.3 is 9.64 Å². The van der Waals surface area contributed by atoms with E-state index in [-0.39, 0.29) is 22.9 Å². The highest BCUT2D eigenvalue weighted by molar-refractivity contribution is 7.89. The average Bonchev–Trinajstić information content (AvgIpc) is 2.98. The van der Waals surface area contributed by atoms with E-state index in [1.165, 1.54) is 42.6 Å². The fraction of sp³-hybridized carbons (Fsp3) is 0.433. The van der Waals surface area contributed by atoms with E-state index in [0.29, 0.717) is 64.1 Å². The van der Waals surface area contributed by atoms with Gasteiger partial charge in [0, 0.05) is 63.4 Å². The van der Waals surface area contributed by atoms with Gasteiger partial charge in [-0.2, -0.15) is 26.3 Å². The molecule has 0 unspecified atom stereocenters. The number of nitrogens with zero attached hydrogens (tertiary/aromatic N) is 3. The Morgan fingerprint density at radius 3 is 1.86 bits per heavy atom. The van der Waals surface area contributed by atoms with E-state index in [9.17, 15) is 34.8 Å². The first-order valence-corrected chi connectivity index (χ1v) is 15.7. The van der Waals surface area contributed by atoms with Gasteiger partial charge in [0.05, 0.1) is 17.3 Å². The molecular weight excluding hydrogens is 610 g/mol. The van der Waals surface area contributed by atoms with Gasteiger partial charge in [0.2, 0.25) is 15.9 Å². The van der Waals surface area contributed by atoms with Gasteiger partial charge in [-0.15, -0.1) is 0 Å². The first kappa shape index (κ1) is 32.0. The summed E-state index contributed by atoms with van der Waals surface area (Å²) in [6.07, 6.45) is -5.31. The molecule has 2 aliphatic heterocycles. The maximum absolute atomic E-state index is 13.0. The van der Waals surface area contributed by atoms with Crippen molar-refractivity contribution in [1.29, 1.82) is 0 Å². The van der Waals surface area contributed by atoms with E-state index in [2.05, 4.69) is 14.6 Å². The second-order valence-electron chi connectivity index (χ2n) is 11.0. The minimum Gasteiger partial charge on any atom is -0.474 e. The number of piperidine rings is 2. The van der Waals surface area contributed by atoms with E-state index in [4.69, 9.17) is 4.74 Å². The van der Waals surface area contributed by atoms with Crippen molar-refractivity contribution in [3.63, 3.8) is 0 Å². The van der Waals surface area contributed by atoms with E-state index >= 15 is 0 Å². The Kier molecular flexibility index (Phi) is 9.42. The van der Waals surface area contributed by atoms with Gasteiger partial charge in [-0.3, -0.25) is 4.90 Å². The van der Waals surface area contributed by atoms with Crippen molar-refractivity contribution in [3.8, 4) is 5.88 Å². The van der Waals surface area contributed by atoms with Crippen LogP contribution in [0.5, 0.6) is 5.88 Å². The quantitative estimate of drug-likeness (QED) is 0.299. The summed E-state index contributed by atoms with van der Waals surface area (Å²) in [5.74, 6) is 0.286. The SMILES string of the molecule is O=S(=O)(NC1CCN(Cc2ccc(C(F)(F)F)cc2)CC1)c1ccc(OC2CCN(c3ccc(C(F)(F)F)cc3)CC2)nc1. The summed E-state index contributed by atoms with van der Waals surface area (Å²) < 4.78 is 111. The molecule has 0 saturated carbocycles.